The predicted octanol–water partition coefficient (Wildman–Crippen LogP) is 5.19. The van der Waals surface area contributed by atoms with E-state index >= 15 is 0 Å². The second kappa shape index (κ2) is 11.3. The Morgan fingerprint density at radius 1 is 1.40 bits per heavy atom. The Morgan fingerprint density at radius 3 is 2.83 bits per heavy atom. The fourth-order valence-electron chi connectivity index (χ4n) is 6.47. The molecule has 2 fully saturated rings. The number of aryl methyl sites for hydroxylation is 1. The van der Waals surface area contributed by atoms with Crippen LogP contribution in [0.25, 0.3) is 5.76 Å². The SMILES string of the molecule is C[C@H](Oc1nccc(/C(O)=C2\CCC[C@@]3(CCCc4sc(/N=C/N(C)C)c(C#N)c43)C2=N)n1)[C@@H]1C[C@@H](F)CN1C. The van der Waals surface area contributed by atoms with Crippen LogP contribution in [0.1, 0.15) is 67.1 Å². The van der Waals surface area contributed by atoms with E-state index < -0.39 is 11.6 Å². The number of ether oxygens (including phenoxy) is 1. The van der Waals surface area contributed by atoms with E-state index in [9.17, 15) is 20.2 Å². The molecule has 2 aromatic rings. The third kappa shape index (κ3) is 5.10. The largest absolute Gasteiger partial charge is 0.505 e. The van der Waals surface area contributed by atoms with Gasteiger partial charge in [-0.3, -0.25) is 4.90 Å². The lowest BCUT2D eigenvalue weighted by Gasteiger charge is -2.42. The van der Waals surface area contributed by atoms with Gasteiger partial charge in [0.15, 0.2) is 0 Å². The number of hydrogen-bond acceptors (Lipinski definition) is 9. The first-order valence-electron chi connectivity index (χ1n) is 13.8. The number of allylic oxidation sites excluding steroid dienone is 1. The number of aliphatic hydroxyl groups is 1. The van der Waals surface area contributed by atoms with Crippen molar-refractivity contribution in [3.05, 3.63) is 39.5 Å². The fourth-order valence-corrected chi connectivity index (χ4v) is 7.70. The van der Waals surface area contributed by atoms with Crippen molar-refractivity contribution in [3.63, 3.8) is 0 Å². The van der Waals surface area contributed by atoms with Crippen LogP contribution in [0.5, 0.6) is 6.01 Å². The highest BCUT2D eigenvalue weighted by atomic mass is 32.1. The van der Waals surface area contributed by atoms with Crippen molar-refractivity contribution in [1.82, 2.24) is 19.8 Å². The van der Waals surface area contributed by atoms with Crippen molar-refractivity contribution >= 4 is 34.1 Å². The molecule has 1 saturated carbocycles. The van der Waals surface area contributed by atoms with Gasteiger partial charge in [-0.05, 0) is 70.5 Å². The average Bonchev–Trinajstić information content (AvgIpc) is 3.47. The summed E-state index contributed by atoms with van der Waals surface area (Å²) in [5, 5.41) is 31.7. The van der Waals surface area contributed by atoms with E-state index in [4.69, 9.17) is 4.74 Å². The lowest BCUT2D eigenvalue weighted by atomic mass is 9.60. The molecule has 3 heterocycles. The topological polar surface area (TPSA) is 122 Å². The number of thiophene rings is 1. The molecule has 2 aromatic heterocycles. The Hall–Kier alpha value is -3.36. The predicted molar refractivity (Wildman–Crippen MR) is 155 cm³/mol. The molecule has 9 nitrogen and oxygen atoms in total. The number of hydrogen-bond donors (Lipinski definition) is 2. The van der Waals surface area contributed by atoms with Gasteiger partial charge in [0.2, 0.25) is 0 Å². The first-order chi connectivity index (χ1) is 19.1. The highest BCUT2D eigenvalue weighted by molar-refractivity contribution is 7.16. The number of aliphatic imine (C=N–C) groups is 1. The molecule has 3 aliphatic rings. The van der Waals surface area contributed by atoms with E-state index in [0.717, 1.165) is 42.5 Å². The number of likely N-dealkylation sites (tertiary alicyclic amines) is 1. The zero-order valence-corrected chi connectivity index (χ0v) is 24.3. The molecular weight excluding hydrogens is 529 g/mol. The van der Waals surface area contributed by atoms with E-state index in [1.54, 1.807) is 12.4 Å². The van der Waals surface area contributed by atoms with Crippen molar-refractivity contribution < 1.29 is 14.2 Å². The van der Waals surface area contributed by atoms with E-state index in [1.165, 1.54) is 17.5 Å². The lowest BCUT2D eigenvalue weighted by molar-refractivity contribution is 0.111. The van der Waals surface area contributed by atoms with Gasteiger partial charge in [-0.15, -0.1) is 11.3 Å². The molecule has 11 heteroatoms. The summed E-state index contributed by atoms with van der Waals surface area (Å²) in [6.07, 6.45) is 6.99. The standard InChI is InChI=1S/C29H36FN7O2S/c1-17(22-13-18(30)15-37(22)4)39-28-33-12-9-21(35-28)25(38)19-7-5-10-29(26(19)32)11-6-8-23-24(29)20(14-31)27(40-23)34-16-36(2)3/h9,12,16-18,22,32,38H,5-8,10-11,13,15H2,1-4H3/b25-19-,32-26?,34-16+/t17-,18+,22-,29-/m0/s1. The molecule has 4 atom stereocenters. The van der Waals surface area contributed by atoms with E-state index in [-0.39, 0.29) is 29.6 Å². The smallest absolute Gasteiger partial charge is 0.317 e. The number of rotatable bonds is 6. The maximum atomic E-state index is 13.9. The minimum Gasteiger partial charge on any atom is -0.505 e. The number of aromatic nitrogens is 2. The molecule has 1 aliphatic heterocycles. The van der Waals surface area contributed by atoms with Crippen LogP contribution in [-0.4, -0.2) is 82.9 Å². The minimum absolute atomic E-state index is 0.0579. The van der Waals surface area contributed by atoms with Gasteiger partial charge in [0.05, 0.1) is 11.9 Å². The van der Waals surface area contributed by atoms with Gasteiger partial charge in [0.1, 0.15) is 34.8 Å². The van der Waals surface area contributed by atoms with Crippen LogP contribution in [0, 0.1) is 16.7 Å². The molecule has 212 valence electrons. The quantitative estimate of drug-likeness (QED) is 0.281. The summed E-state index contributed by atoms with van der Waals surface area (Å²) in [4.78, 5) is 18.1. The number of nitriles is 1. The van der Waals surface area contributed by atoms with Crippen molar-refractivity contribution in [2.75, 3.05) is 27.7 Å². The molecule has 5 rings (SSSR count). The van der Waals surface area contributed by atoms with Gasteiger partial charge in [0, 0.05) is 54.5 Å². The first kappa shape index (κ1) is 28.2. The van der Waals surface area contributed by atoms with Crippen LogP contribution in [0.15, 0.2) is 22.8 Å². The number of aliphatic hydroxyl groups excluding tert-OH is 1. The molecule has 0 bridgehead atoms. The summed E-state index contributed by atoms with van der Waals surface area (Å²) in [6, 6.07) is 4.02. The molecule has 2 N–H and O–H groups in total. The molecule has 0 aromatic carbocycles. The van der Waals surface area contributed by atoms with Crippen LogP contribution in [0.2, 0.25) is 0 Å². The van der Waals surface area contributed by atoms with E-state index in [0.29, 0.717) is 41.2 Å². The summed E-state index contributed by atoms with van der Waals surface area (Å²) in [7, 11) is 5.65. The van der Waals surface area contributed by atoms with Gasteiger partial charge < -0.3 is 20.2 Å². The molecule has 2 aliphatic carbocycles. The number of halogens is 1. The van der Waals surface area contributed by atoms with E-state index in [1.807, 2.05) is 37.9 Å². The van der Waals surface area contributed by atoms with Gasteiger partial charge in [-0.25, -0.2) is 14.4 Å². The second-order valence-electron chi connectivity index (χ2n) is 11.3. The molecular formula is C29H36FN7O2S. The van der Waals surface area contributed by atoms with Gasteiger partial charge >= 0.3 is 6.01 Å². The van der Waals surface area contributed by atoms with Crippen LogP contribution < -0.4 is 4.74 Å². The molecule has 0 unspecified atom stereocenters. The molecule has 0 radical (unpaired) electrons. The minimum atomic E-state index is -0.882. The molecule has 40 heavy (non-hydrogen) atoms. The number of fused-ring (bicyclic) bond motifs is 2. The van der Waals surface area contributed by atoms with E-state index in [2.05, 4.69) is 21.0 Å². The maximum absolute atomic E-state index is 13.9. The van der Waals surface area contributed by atoms with Crippen molar-refractivity contribution in [2.24, 2.45) is 4.99 Å². The van der Waals surface area contributed by atoms with Crippen LogP contribution in [-0.2, 0) is 11.8 Å². The number of likely N-dealkylation sites (N-methyl/N-ethyl adjacent to an activating group) is 1. The fraction of sp³-hybridized carbons (Fsp3) is 0.552. The lowest BCUT2D eigenvalue weighted by Crippen LogP contribution is -2.42. The third-order valence-electron chi connectivity index (χ3n) is 8.32. The Bertz CT molecular complexity index is 1400. The summed E-state index contributed by atoms with van der Waals surface area (Å²) in [5.41, 5.74) is 2.00. The first-order valence-corrected chi connectivity index (χ1v) is 14.6. The molecule has 1 spiro atoms. The maximum Gasteiger partial charge on any atom is 0.317 e. The zero-order chi connectivity index (χ0) is 28.6. The normalized spacial score (nSPS) is 27.1. The Labute approximate surface area is 238 Å². The zero-order valence-electron chi connectivity index (χ0n) is 23.4. The van der Waals surface area contributed by atoms with Crippen molar-refractivity contribution in [3.8, 4) is 12.1 Å². The monoisotopic (exact) mass is 565 g/mol. The van der Waals surface area contributed by atoms with Crippen LogP contribution >= 0.6 is 11.3 Å². The summed E-state index contributed by atoms with van der Waals surface area (Å²) < 4.78 is 19.9. The highest BCUT2D eigenvalue weighted by Crippen LogP contribution is 2.53. The Balaban J connectivity index is 1.47. The molecule has 1 saturated heterocycles. The van der Waals surface area contributed by atoms with Crippen LogP contribution in [0.4, 0.5) is 9.39 Å². The van der Waals surface area contributed by atoms with Gasteiger partial charge in [-0.2, -0.15) is 10.2 Å². The number of nitrogens with zero attached hydrogens (tertiary/aromatic N) is 6. The highest BCUT2D eigenvalue weighted by Gasteiger charge is 2.47. The van der Waals surface area contributed by atoms with Gasteiger partial charge in [-0.1, -0.05) is 0 Å². The Morgan fingerprint density at radius 2 is 2.15 bits per heavy atom. The van der Waals surface area contributed by atoms with Crippen molar-refractivity contribution in [1.29, 1.82) is 10.7 Å². The number of alkyl halides is 1. The summed E-state index contributed by atoms with van der Waals surface area (Å²) in [6.45, 7) is 2.25. The summed E-state index contributed by atoms with van der Waals surface area (Å²) >= 11 is 1.54. The third-order valence-corrected chi connectivity index (χ3v) is 9.48. The Kier molecular flexibility index (Phi) is 7.93. The summed E-state index contributed by atoms with van der Waals surface area (Å²) in [5.74, 6) is -0.0579. The van der Waals surface area contributed by atoms with Gasteiger partial charge in [0.25, 0.3) is 0 Å². The average molecular weight is 566 g/mol. The number of nitrogens with one attached hydrogen (secondary N) is 1. The second-order valence-corrected chi connectivity index (χ2v) is 12.4. The van der Waals surface area contributed by atoms with Crippen LogP contribution in [0.3, 0.4) is 0 Å². The van der Waals surface area contributed by atoms with Crippen molar-refractivity contribution in [2.45, 2.75) is 75.6 Å². The molecule has 0 amide bonds.